The van der Waals surface area contributed by atoms with E-state index in [0.29, 0.717) is 32.6 Å². The topological polar surface area (TPSA) is 101 Å². The van der Waals surface area contributed by atoms with E-state index in [-0.39, 0.29) is 11.4 Å². The van der Waals surface area contributed by atoms with Crippen molar-refractivity contribution in [3.8, 4) is 27.8 Å². The minimum atomic E-state index is -0.569. The number of esters is 1. The summed E-state index contributed by atoms with van der Waals surface area (Å²) in [7, 11) is 3.10. The highest BCUT2D eigenvalue weighted by atomic mass is 32.1. The highest BCUT2D eigenvalue weighted by molar-refractivity contribution is 7.17. The monoisotopic (exact) mass is 414 g/mol. The Labute approximate surface area is 170 Å². The Bertz CT molecular complexity index is 1090. The van der Waals surface area contributed by atoms with Crippen LogP contribution in [0.15, 0.2) is 36.4 Å². The van der Waals surface area contributed by atoms with Gasteiger partial charge in [-0.2, -0.15) is 0 Å². The Kier molecular flexibility index (Phi) is 5.79. The molecule has 3 rings (SSSR count). The van der Waals surface area contributed by atoms with E-state index >= 15 is 0 Å². The molecule has 0 aliphatic heterocycles. The largest absolute Gasteiger partial charge is 0.493 e. The molecule has 0 bridgehead atoms. The van der Waals surface area contributed by atoms with Crippen LogP contribution in [0, 0.1) is 24.0 Å². The van der Waals surface area contributed by atoms with E-state index in [9.17, 15) is 14.9 Å². The van der Waals surface area contributed by atoms with Crippen molar-refractivity contribution in [2.45, 2.75) is 13.8 Å². The van der Waals surface area contributed by atoms with Gasteiger partial charge in [0.05, 0.1) is 24.8 Å². The van der Waals surface area contributed by atoms with Crippen molar-refractivity contribution >= 4 is 23.0 Å². The minimum Gasteiger partial charge on any atom is -0.493 e. The number of ether oxygens (including phenoxy) is 3. The third kappa shape index (κ3) is 4.19. The molecule has 29 heavy (non-hydrogen) atoms. The molecule has 0 saturated heterocycles. The van der Waals surface area contributed by atoms with E-state index in [1.54, 1.807) is 40.2 Å². The molecular formula is C20H18N2O6S. The molecule has 9 heteroatoms. The number of hydrogen-bond donors (Lipinski definition) is 0. The molecule has 0 atom stereocenters. The first kappa shape index (κ1) is 20.3. The third-order valence-electron chi connectivity index (χ3n) is 4.19. The summed E-state index contributed by atoms with van der Waals surface area (Å²) in [6.07, 6.45) is 0. The van der Waals surface area contributed by atoms with Crippen LogP contribution in [-0.4, -0.2) is 30.1 Å². The Morgan fingerprint density at radius 3 is 2.41 bits per heavy atom. The molecule has 8 nitrogen and oxygen atoms in total. The van der Waals surface area contributed by atoms with E-state index in [1.807, 2.05) is 6.07 Å². The Balaban J connectivity index is 1.86. The Hall–Kier alpha value is -3.46. The number of methoxy groups -OCH3 is 2. The molecule has 150 valence electrons. The molecule has 0 N–H and O–H groups in total. The standard InChI is InChI=1S/C20H18N2O6S/c1-11-9-14(6-7-15(11)22(24)25)28-20(23)18-12(2)21-19(29-18)13-5-8-16(26-3)17(10-13)27-4/h5-10H,1-4H3. The molecule has 0 saturated carbocycles. The molecule has 0 aliphatic carbocycles. The summed E-state index contributed by atoms with van der Waals surface area (Å²) in [5, 5.41) is 11.6. The molecule has 2 aromatic carbocycles. The van der Waals surface area contributed by atoms with Gasteiger partial charge in [0.25, 0.3) is 5.69 Å². The van der Waals surface area contributed by atoms with Gasteiger partial charge in [-0.15, -0.1) is 11.3 Å². The van der Waals surface area contributed by atoms with Gasteiger partial charge in [-0.05, 0) is 44.2 Å². The lowest BCUT2D eigenvalue weighted by Crippen LogP contribution is -2.08. The van der Waals surface area contributed by atoms with Crippen molar-refractivity contribution in [3.63, 3.8) is 0 Å². The predicted octanol–water partition coefficient (Wildman–Crippen LogP) is 4.57. The smallest absolute Gasteiger partial charge is 0.355 e. The molecule has 0 spiro atoms. The maximum atomic E-state index is 12.6. The highest BCUT2D eigenvalue weighted by Gasteiger charge is 2.20. The predicted molar refractivity (Wildman–Crippen MR) is 108 cm³/mol. The Morgan fingerprint density at radius 1 is 1.07 bits per heavy atom. The SMILES string of the molecule is COc1ccc(-c2nc(C)c(C(=O)Oc3ccc([N+](=O)[O-])c(C)c3)s2)cc1OC. The van der Waals surface area contributed by atoms with Crippen LogP contribution in [0.25, 0.3) is 10.6 Å². The van der Waals surface area contributed by atoms with E-state index in [0.717, 1.165) is 5.56 Å². The molecule has 1 heterocycles. The normalized spacial score (nSPS) is 10.5. The number of hydrogen-bond acceptors (Lipinski definition) is 8. The van der Waals surface area contributed by atoms with Crippen LogP contribution >= 0.6 is 11.3 Å². The van der Waals surface area contributed by atoms with Crippen LogP contribution in [-0.2, 0) is 0 Å². The molecule has 3 aromatic rings. The van der Waals surface area contributed by atoms with Gasteiger partial charge in [-0.25, -0.2) is 9.78 Å². The van der Waals surface area contributed by atoms with Gasteiger partial charge < -0.3 is 14.2 Å². The number of nitrogens with zero attached hydrogens (tertiary/aromatic N) is 2. The number of nitro groups is 1. The van der Waals surface area contributed by atoms with Crippen molar-refractivity contribution in [1.82, 2.24) is 4.98 Å². The van der Waals surface area contributed by atoms with E-state index in [2.05, 4.69) is 4.98 Å². The highest BCUT2D eigenvalue weighted by Crippen LogP contribution is 2.35. The molecule has 0 aliphatic rings. The second-order valence-corrected chi connectivity index (χ2v) is 7.10. The summed E-state index contributed by atoms with van der Waals surface area (Å²) in [5.41, 5.74) is 1.69. The molecule has 1 aromatic heterocycles. The lowest BCUT2D eigenvalue weighted by atomic mass is 10.2. The summed E-state index contributed by atoms with van der Waals surface area (Å²) in [4.78, 5) is 27.9. The first-order chi connectivity index (χ1) is 13.8. The summed E-state index contributed by atoms with van der Waals surface area (Å²) in [5.74, 6) is 0.819. The van der Waals surface area contributed by atoms with Crippen molar-refractivity contribution in [2.75, 3.05) is 14.2 Å². The maximum Gasteiger partial charge on any atom is 0.355 e. The van der Waals surface area contributed by atoms with Crippen LogP contribution in [0.1, 0.15) is 20.9 Å². The van der Waals surface area contributed by atoms with Crippen molar-refractivity contribution in [2.24, 2.45) is 0 Å². The van der Waals surface area contributed by atoms with Crippen LogP contribution < -0.4 is 14.2 Å². The van der Waals surface area contributed by atoms with Crippen molar-refractivity contribution in [3.05, 3.63) is 62.6 Å². The summed E-state index contributed by atoms with van der Waals surface area (Å²) in [6.45, 7) is 3.31. The first-order valence-corrected chi connectivity index (χ1v) is 9.32. The zero-order chi connectivity index (χ0) is 21.1. The van der Waals surface area contributed by atoms with Crippen LogP contribution in [0.4, 0.5) is 5.69 Å². The number of aromatic nitrogens is 1. The average molecular weight is 414 g/mol. The molecule has 0 fully saturated rings. The number of carbonyl (C=O) groups excluding carboxylic acids is 1. The second kappa shape index (κ2) is 8.27. The first-order valence-electron chi connectivity index (χ1n) is 8.51. The Morgan fingerprint density at radius 2 is 1.79 bits per heavy atom. The van der Waals surface area contributed by atoms with Crippen LogP contribution in [0.3, 0.4) is 0 Å². The van der Waals surface area contributed by atoms with Gasteiger partial charge in [0.15, 0.2) is 11.5 Å². The quantitative estimate of drug-likeness (QED) is 0.252. The number of carbonyl (C=O) groups is 1. The van der Waals surface area contributed by atoms with Gasteiger partial charge in [0.1, 0.15) is 15.6 Å². The van der Waals surface area contributed by atoms with Crippen LogP contribution in [0.5, 0.6) is 17.2 Å². The van der Waals surface area contributed by atoms with Crippen molar-refractivity contribution in [1.29, 1.82) is 0 Å². The lowest BCUT2D eigenvalue weighted by Gasteiger charge is -2.08. The van der Waals surface area contributed by atoms with Gasteiger partial charge in [0.2, 0.25) is 0 Å². The van der Waals surface area contributed by atoms with Gasteiger partial charge in [0, 0.05) is 17.2 Å². The van der Waals surface area contributed by atoms with Crippen molar-refractivity contribution < 1.29 is 23.9 Å². The second-order valence-electron chi connectivity index (χ2n) is 6.10. The number of nitro benzene ring substituents is 1. The number of benzene rings is 2. The van der Waals surface area contributed by atoms with E-state index in [1.165, 1.54) is 29.5 Å². The average Bonchev–Trinajstić information content (AvgIpc) is 3.09. The fourth-order valence-corrected chi connectivity index (χ4v) is 3.67. The fourth-order valence-electron chi connectivity index (χ4n) is 2.73. The van der Waals surface area contributed by atoms with E-state index in [4.69, 9.17) is 14.2 Å². The molecule has 0 amide bonds. The third-order valence-corrected chi connectivity index (χ3v) is 5.37. The van der Waals surface area contributed by atoms with Gasteiger partial charge in [-0.1, -0.05) is 0 Å². The number of thiazole rings is 1. The van der Waals surface area contributed by atoms with Gasteiger partial charge >= 0.3 is 5.97 Å². The number of aryl methyl sites for hydroxylation is 2. The minimum absolute atomic E-state index is 0.0329. The zero-order valence-corrected chi connectivity index (χ0v) is 17.0. The van der Waals surface area contributed by atoms with Crippen LogP contribution in [0.2, 0.25) is 0 Å². The van der Waals surface area contributed by atoms with E-state index < -0.39 is 10.9 Å². The molecule has 0 unspecified atom stereocenters. The summed E-state index contributed by atoms with van der Waals surface area (Å²) in [6, 6.07) is 9.55. The number of rotatable bonds is 6. The maximum absolute atomic E-state index is 12.6. The summed E-state index contributed by atoms with van der Waals surface area (Å²) >= 11 is 1.19. The summed E-state index contributed by atoms with van der Waals surface area (Å²) < 4.78 is 15.9. The zero-order valence-electron chi connectivity index (χ0n) is 16.2. The lowest BCUT2D eigenvalue weighted by molar-refractivity contribution is -0.385. The fraction of sp³-hybridized carbons (Fsp3) is 0.200. The molecular weight excluding hydrogens is 396 g/mol. The van der Waals surface area contributed by atoms with Gasteiger partial charge in [-0.3, -0.25) is 10.1 Å². The molecule has 0 radical (unpaired) electrons.